The van der Waals surface area contributed by atoms with E-state index >= 15 is 0 Å². The third-order valence-corrected chi connectivity index (χ3v) is 4.97. The van der Waals surface area contributed by atoms with E-state index in [0.29, 0.717) is 5.95 Å². The van der Waals surface area contributed by atoms with Gasteiger partial charge in [-0.2, -0.15) is 15.1 Å². The van der Waals surface area contributed by atoms with E-state index in [4.69, 9.17) is 4.98 Å². The Kier molecular flexibility index (Phi) is 3.96. The highest BCUT2D eigenvalue weighted by Crippen LogP contribution is 2.30. The second-order valence-corrected chi connectivity index (χ2v) is 6.56. The van der Waals surface area contributed by atoms with E-state index in [9.17, 15) is 0 Å². The summed E-state index contributed by atoms with van der Waals surface area (Å²) in [5, 5.41) is 8.78. The summed E-state index contributed by atoms with van der Waals surface area (Å²) < 4.78 is 1.69. The van der Waals surface area contributed by atoms with Crippen LogP contribution in [-0.2, 0) is 13.0 Å². The van der Waals surface area contributed by atoms with Crippen molar-refractivity contribution in [3.05, 3.63) is 65.3 Å². The minimum absolute atomic E-state index is 0.590. The third kappa shape index (κ3) is 2.88. The fourth-order valence-corrected chi connectivity index (χ4v) is 3.50. The molecule has 0 unspecified atom stereocenters. The Labute approximate surface area is 144 Å². The largest absolute Gasteiger partial charge is 0.365 e. The molecule has 0 fully saturated rings. The molecule has 0 aliphatic heterocycles. The maximum Gasteiger partial charge on any atom is 0.253 e. The second kappa shape index (κ2) is 6.41. The number of benzene rings is 1. The van der Waals surface area contributed by atoms with Gasteiger partial charge in [-0.05, 0) is 24.1 Å². The van der Waals surface area contributed by atoms with Gasteiger partial charge in [-0.15, -0.1) is 11.3 Å². The van der Waals surface area contributed by atoms with Gasteiger partial charge in [-0.3, -0.25) is 0 Å². The summed E-state index contributed by atoms with van der Waals surface area (Å²) in [4.78, 5) is 11.7. The van der Waals surface area contributed by atoms with Crippen LogP contribution in [0.2, 0.25) is 0 Å². The van der Waals surface area contributed by atoms with Crippen LogP contribution in [0.25, 0.3) is 16.2 Å². The van der Waals surface area contributed by atoms with Gasteiger partial charge < -0.3 is 5.32 Å². The molecule has 4 rings (SSSR count). The summed E-state index contributed by atoms with van der Waals surface area (Å²) in [6, 6.07) is 14.4. The van der Waals surface area contributed by atoms with Gasteiger partial charge in [0.2, 0.25) is 0 Å². The predicted molar refractivity (Wildman–Crippen MR) is 97.7 cm³/mol. The number of rotatable bonds is 5. The SMILES string of the molecule is CCc1cc2c(NCc3ccccc3)nc(-n3cccn3)nc2s1. The first kappa shape index (κ1) is 14.8. The number of aromatic nitrogens is 4. The molecule has 120 valence electrons. The van der Waals surface area contributed by atoms with E-state index < -0.39 is 0 Å². The zero-order valence-corrected chi connectivity index (χ0v) is 14.1. The summed E-state index contributed by atoms with van der Waals surface area (Å²) in [7, 11) is 0. The van der Waals surface area contributed by atoms with E-state index in [0.717, 1.165) is 29.0 Å². The average Bonchev–Trinajstić information content (AvgIpc) is 3.29. The monoisotopic (exact) mass is 335 g/mol. The zero-order chi connectivity index (χ0) is 16.4. The standard InChI is InChI=1S/C18H17N5S/c1-2-14-11-15-16(19-12-13-7-4-3-5-8-13)21-18(22-17(15)24-14)23-10-6-9-20-23/h3-11H,2,12H2,1H3,(H,19,21,22). The molecule has 5 nitrogen and oxygen atoms in total. The molecule has 4 aromatic rings. The molecule has 3 heterocycles. The third-order valence-electron chi connectivity index (χ3n) is 3.79. The average molecular weight is 335 g/mol. The minimum Gasteiger partial charge on any atom is -0.365 e. The Morgan fingerprint density at radius 2 is 2.00 bits per heavy atom. The Bertz CT molecular complexity index is 944. The Morgan fingerprint density at radius 3 is 2.75 bits per heavy atom. The number of nitrogens with one attached hydrogen (secondary N) is 1. The van der Waals surface area contributed by atoms with Crippen molar-refractivity contribution in [3.8, 4) is 5.95 Å². The van der Waals surface area contributed by atoms with Crippen LogP contribution in [0.15, 0.2) is 54.9 Å². The van der Waals surface area contributed by atoms with Crippen molar-refractivity contribution >= 4 is 27.4 Å². The van der Waals surface area contributed by atoms with Crippen molar-refractivity contribution < 1.29 is 0 Å². The molecule has 0 saturated carbocycles. The molecule has 0 saturated heterocycles. The topological polar surface area (TPSA) is 55.6 Å². The number of fused-ring (bicyclic) bond motifs is 1. The molecule has 3 aromatic heterocycles. The van der Waals surface area contributed by atoms with Crippen molar-refractivity contribution in [1.82, 2.24) is 19.7 Å². The molecular formula is C18H17N5S. The number of thiophene rings is 1. The number of anilines is 1. The predicted octanol–water partition coefficient (Wildman–Crippen LogP) is 4.05. The lowest BCUT2D eigenvalue weighted by atomic mass is 10.2. The highest BCUT2D eigenvalue weighted by Gasteiger charge is 2.12. The Morgan fingerprint density at radius 1 is 1.12 bits per heavy atom. The first-order valence-corrected chi connectivity index (χ1v) is 8.73. The van der Waals surface area contributed by atoms with Crippen LogP contribution in [0.3, 0.4) is 0 Å². The second-order valence-electron chi connectivity index (χ2n) is 5.45. The lowest BCUT2D eigenvalue weighted by Gasteiger charge is -2.09. The Hall–Kier alpha value is -2.73. The summed E-state index contributed by atoms with van der Waals surface area (Å²) in [6.07, 6.45) is 4.59. The Balaban J connectivity index is 1.75. The van der Waals surface area contributed by atoms with Gasteiger partial charge in [0, 0.05) is 23.8 Å². The van der Waals surface area contributed by atoms with Gasteiger partial charge in [0.1, 0.15) is 10.6 Å². The van der Waals surface area contributed by atoms with Crippen LogP contribution in [0.5, 0.6) is 0 Å². The van der Waals surface area contributed by atoms with E-state index in [1.807, 2.05) is 30.5 Å². The molecule has 1 aromatic carbocycles. The van der Waals surface area contributed by atoms with Gasteiger partial charge in [-0.25, -0.2) is 4.68 Å². The van der Waals surface area contributed by atoms with Crippen LogP contribution in [-0.4, -0.2) is 19.7 Å². The molecule has 0 spiro atoms. The normalized spacial score (nSPS) is 11.0. The highest BCUT2D eigenvalue weighted by molar-refractivity contribution is 7.18. The lowest BCUT2D eigenvalue weighted by molar-refractivity contribution is 0.816. The van der Waals surface area contributed by atoms with E-state index in [2.05, 4.69) is 40.5 Å². The number of hydrogen-bond donors (Lipinski definition) is 1. The first-order valence-electron chi connectivity index (χ1n) is 7.92. The molecule has 0 radical (unpaired) electrons. The minimum atomic E-state index is 0.590. The van der Waals surface area contributed by atoms with Gasteiger partial charge in [-0.1, -0.05) is 37.3 Å². The highest BCUT2D eigenvalue weighted by atomic mass is 32.1. The molecule has 0 aliphatic rings. The molecule has 1 N–H and O–H groups in total. The first-order chi connectivity index (χ1) is 11.8. The van der Waals surface area contributed by atoms with Crippen molar-refractivity contribution in [1.29, 1.82) is 0 Å². The van der Waals surface area contributed by atoms with Crippen LogP contribution in [0, 0.1) is 0 Å². The van der Waals surface area contributed by atoms with Crippen LogP contribution < -0.4 is 5.32 Å². The number of hydrogen-bond acceptors (Lipinski definition) is 5. The molecule has 6 heteroatoms. The fraction of sp³-hybridized carbons (Fsp3) is 0.167. The molecule has 0 amide bonds. The van der Waals surface area contributed by atoms with Crippen molar-refractivity contribution in [2.24, 2.45) is 0 Å². The number of nitrogens with zero attached hydrogens (tertiary/aromatic N) is 4. The summed E-state index contributed by atoms with van der Waals surface area (Å²) in [6.45, 7) is 2.88. The van der Waals surface area contributed by atoms with Gasteiger partial charge in [0.25, 0.3) is 5.95 Å². The van der Waals surface area contributed by atoms with Gasteiger partial charge in [0.15, 0.2) is 0 Å². The van der Waals surface area contributed by atoms with E-state index in [1.165, 1.54) is 10.4 Å². The van der Waals surface area contributed by atoms with Crippen LogP contribution in [0.1, 0.15) is 17.4 Å². The van der Waals surface area contributed by atoms with E-state index in [-0.39, 0.29) is 0 Å². The maximum absolute atomic E-state index is 4.69. The molecule has 0 aliphatic carbocycles. The molecule has 0 atom stereocenters. The lowest BCUT2D eigenvalue weighted by Crippen LogP contribution is -2.07. The van der Waals surface area contributed by atoms with Crippen LogP contribution in [0.4, 0.5) is 5.82 Å². The summed E-state index contributed by atoms with van der Waals surface area (Å²) in [5.41, 5.74) is 1.22. The zero-order valence-electron chi connectivity index (χ0n) is 13.3. The van der Waals surface area contributed by atoms with Crippen molar-refractivity contribution in [2.45, 2.75) is 19.9 Å². The maximum atomic E-state index is 4.69. The summed E-state index contributed by atoms with van der Waals surface area (Å²) in [5.74, 6) is 1.44. The van der Waals surface area contributed by atoms with Crippen molar-refractivity contribution in [2.75, 3.05) is 5.32 Å². The van der Waals surface area contributed by atoms with Gasteiger partial charge >= 0.3 is 0 Å². The van der Waals surface area contributed by atoms with Gasteiger partial charge in [0.05, 0.1) is 5.39 Å². The van der Waals surface area contributed by atoms with Crippen molar-refractivity contribution in [3.63, 3.8) is 0 Å². The number of aryl methyl sites for hydroxylation is 1. The smallest absolute Gasteiger partial charge is 0.253 e. The summed E-state index contributed by atoms with van der Waals surface area (Å²) >= 11 is 1.71. The molecule has 0 bridgehead atoms. The van der Waals surface area contributed by atoms with Crippen LogP contribution >= 0.6 is 11.3 Å². The fourth-order valence-electron chi connectivity index (χ4n) is 2.54. The quantitative estimate of drug-likeness (QED) is 0.598. The molecular weight excluding hydrogens is 318 g/mol. The molecule has 24 heavy (non-hydrogen) atoms. The van der Waals surface area contributed by atoms with E-state index in [1.54, 1.807) is 22.2 Å².